The van der Waals surface area contributed by atoms with Crippen molar-refractivity contribution in [3.05, 3.63) is 88.1 Å². The average Bonchev–Trinajstić information content (AvgIpc) is 3.54. The third-order valence-electron chi connectivity index (χ3n) is 6.63. The summed E-state index contributed by atoms with van der Waals surface area (Å²) in [5.41, 5.74) is 4.77. The van der Waals surface area contributed by atoms with Crippen molar-refractivity contribution in [2.75, 3.05) is 0 Å². The number of carbonyl (C=O) groups is 2. The van der Waals surface area contributed by atoms with Gasteiger partial charge in [0.15, 0.2) is 5.17 Å². The molecule has 1 saturated carbocycles. The lowest BCUT2D eigenvalue weighted by atomic mass is 10.2. The predicted molar refractivity (Wildman–Crippen MR) is 138 cm³/mol. The Bertz CT molecular complexity index is 1330. The lowest BCUT2D eigenvalue weighted by Crippen LogP contribution is -2.37. The van der Waals surface area contributed by atoms with E-state index in [0.717, 1.165) is 59.2 Å². The molecule has 1 aliphatic carbocycles. The van der Waals surface area contributed by atoms with Gasteiger partial charge in [0, 0.05) is 23.1 Å². The second-order valence-electron chi connectivity index (χ2n) is 8.95. The number of benzene rings is 2. The summed E-state index contributed by atoms with van der Waals surface area (Å²) >= 11 is 1.43. The minimum atomic E-state index is -1.19. The summed E-state index contributed by atoms with van der Waals surface area (Å²) in [6.07, 6.45) is 6.23. The Balaban J connectivity index is 1.50. The van der Waals surface area contributed by atoms with Crippen molar-refractivity contribution in [3.63, 3.8) is 0 Å². The van der Waals surface area contributed by atoms with Crippen LogP contribution in [0.2, 0.25) is 0 Å². The molecule has 7 heteroatoms. The normalized spacial score (nSPS) is 18.8. The highest BCUT2D eigenvalue weighted by atomic mass is 32.2. The molecule has 1 saturated heterocycles. The maximum atomic E-state index is 13.6. The zero-order valence-electron chi connectivity index (χ0n) is 19.7. The molecule has 5 rings (SSSR count). The molecular weight excluding hydrogens is 458 g/mol. The molecule has 2 aliphatic rings. The molecule has 2 aromatic carbocycles. The van der Waals surface area contributed by atoms with Crippen molar-refractivity contribution in [2.45, 2.75) is 45.6 Å². The van der Waals surface area contributed by atoms with Crippen LogP contribution in [0.1, 0.15) is 53.0 Å². The Morgan fingerprint density at radius 3 is 2.40 bits per heavy atom. The van der Waals surface area contributed by atoms with E-state index < -0.39 is 5.97 Å². The quantitative estimate of drug-likeness (QED) is 0.477. The lowest BCUT2D eigenvalue weighted by Gasteiger charge is -2.22. The van der Waals surface area contributed by atoms with Crippen LogP contribution in [-0.2, 0) is 4.79 Å². The third-order valence-corrected chi connectivity index (χ3v) is 7.61. The van der Waals surface area contributed by atoms with Crippen molar-refractivity contribution in [1.82, 2.24) is 9.47 Å². The summed E-state index contributed by atoms with van der Waals surface area (Å²) in [5, 5.41) is 11.8. The molecule has 2 fully saturated rings. The SMILES string of the molecule is Cc1cc(/C=C2\SC(=Nc3ccccc3)N(C3CCCC3)C2=O)c(C)n1-c1ccc(C(=O)[O-])cc1. The molecule has 3 aromatic rings. The molecule has 35 heavy (non-hydrogen) atoms. The van der Waals surface area contributed by atoms with Crippen LogP contribution in [0, 0.1) is 13.8 Å². The van der Waals surface area contributed by atoms with Crippen LogP contribution in [0.3, 0.4) is 0 Å². The largest absolute Gasteiger partial charge is 0.545 e. The van der Waals surface area contributed by atoms with Crippen LogP contribution < -0.4 is 5.11 Å². The number of hydrogen-bond donors (Lipinski definition) is 0. The molecular formula is C28H26N3O3S-. The molecule has 1 amide bonds. The van der Waals surface area contributed by atoms with Gasteiger partial charge in [-0.15, -0.1) is 0 Å². The molecule has 1 aliphatic heterocycles. The Morgan fingerprint density at radius 1 is 1.06 bits per heavy atom. The summed E-state index contributed by atoms with van der Waals surface area (Å²) in [5.74, 6) is -1.18. The lowest BCUT2D eigenvalue weighted by molar-refractivity contribution is -0.255. The Kier molecular flexibility index (Phi) is 6.34. The highest BCUT2D eigenvalue weighted by Gasteiger charge is 2.39. The first-order valence-electron chi connectivity index (χ1n) is 11.8. The molecule has 6 nitrogen and oxygen atoms in total. The number of amidine groups is 1. The van der Waals surface area contributed by atoms with Gasteiger partial charge in [-0.1, -0.05) is 43.2 Å². The maximum absolute atomic E-state index is 13.6. The van der Waals surface area contributed by atoms with Gasteiger partial charge in [-0.05, 0) is 86.0 Å². The van der Waals surface area contributed by atoms with Gasteiger partial charge < -0.3 is 14.5 Å². The number of aliphatic imine (C=N–C) groups is 1. The van der Waals surface area contributed by atoms with Crippen molar-refractivity contribution in [3.8, 4) is 5.69 Å². The van der Waals surface area contributed by atoms with Gasteiger partial charge in [0.05, 0.1) is 16.6 Å². The summed E-state index contributed by atoms with van der Waals surface area (Å²) in [6.45, 7) is 4.00. The first kappa shape index (κ1) is 23.2. The monoisotopic (exact) mass is 484 g/mol. The zero-order valence-corrected chi connectivity index (χ0v) is 20.5. The number of hydrogen-bond acceptors (Lipinski definition) is 5. The summed E-state index contributed by atoms with van der Waals surface area (Å²) in [6, 6.07) is 18.6. The minimum Gasteiger partial charge on any atom is -0.545 e. The van der Waals surface area contributed by atoms with E-state index in [1.165, 1.54) is 11.8 Å². The van der Waals surface area contributed by atoms with Gasteiger partial charge in [-0.3, -0.25) is 9.69 Å². The van der Waals surface area contributed by atoms with E-state index in [-0.39, 0.29) is 17.5 Å². The van der Waals surface area contributed by atoms with E-state index in [9.17, 15) is 14.7 Å². The van der Waals surface area contributed by atoms with Gasteiger partial charge >= 0.3 is 0 Å². The van der Waals surface area contributed by atoms with Gasteiger partial charge in [0.25, 0.3) is 5.91 Å². The first-order valence-corrected chi connectivity index (χ1v) is 12.6. The second kappa shape index (κ2) is 9.58. The second-order valence-corrected chi connectivity index (χ2v) is 9.96. The molecule has 0 spiro atoms. The highest BCUT2D eigenvalue weighted by molar-refractivity contribution is 8.18. The zero-order chi connectivity index (χ0) is 24.5. The Hall–Kier alpha value is -3.58. The number of thioether (sulfide) groups is 1. The fourth-order valence-electron chi connectivity index (χ4n) is 4.88. The number of carboxylic acids is 1. The third kappa shape index (κ3) is 4.56. The molecule has 178 valence electrons. The molecule has 0 atom stereocenters. The van der Waals surface area contributed by atoms with Crippen molar-refractivity contribution in [2.24, 2.45) is 4.99 Å². The molecule has 0 bridgehead atoms. The van der Waals surface area contributed by atoms with E-state index in [2.05, 4.69) is 10.6 Å². The number of amides is 1. The molecule has 1 aromatic heterocycles. The molecule has 0 radical (unpaired) electrons. The number of aryl methyl sites for hydroxylation is 1. The Labute approximate surface area is 209 Å². The average molecular weight is 485 g/mol. The molecule has 0 N–H and O–H groups in total. The van der Waals surface area contributed by atoms with Crippen molar-refractivity contribution < 1.29 is 14.7 Å². The fourth-order valence-corrected chi connectivity index (χ4v) is 5.93. The topological polar surface area (TPSA) is 77.7 Å². The fraction of sp³-hybridized carbons (Fsp3) is 0.250. The van der Waals surface area contributed by atoms with Crippen LogP contribution in [0.5, 0.6) is 0 Å². The van der Waals surface area contributed by atoms with Crippen LogP contribution >= 0.6 is 11.8 Å². The van der Waals surface area contributed by atoms with E-state index >= 15 is 0 Å². The van der Waals surface area contributed by atoms with Gasteiger partial charge in [-0.25, -0.2) is 4.99 Å². The number of para-hydroxylation sites is 1. The number of nitrogens with zero attached hydrogens (tertiary/aromatic N) is 3. The Morgan fingerprint density at radius 2 is 1.74 bits per heavy atom. The number of aromatic carboxylic acids is 1. The number of carboxylic acid groups (broad SMARTS) is 1. The smallest absolute Gasteiger partial charge is 0.267 e. The van der Waals surface area contributed by atoms with E-state index in [0.29, 0.717) is 4.91 Å². The van der Waals surface area contributed by atoms with Crippen LogP contribution in [0.25, 0.3) is 11.8 Å². The van der Waals surface area contributed by atoms with Crippen LogP contribution in [0.15, 0.2) is 70.6 Å². The standard InChI is InChI=1S/C28H27N3O3S/c1-18-16-21(19(2)30(18)24-14-12-20(13-15-24)27(33)34)17-25-26(32)31(23-10-6-7-11-23)28(35-25)29-22-8-4-3-5-9-22/h3-5,8-9,12-17,23H,6-7,10-11H2,1-2H3,(H,33,34)/p-1/b25-17-,29-28?. The maximum Gasteiger partial charge on any atom is 0.267 e. The van der Waals surface area contributed by atoms with Crippen molar-refractivity contribution >= 4 is 40.6 Å². The van der Waals surface area contributed by atoms with E-state index in [4.69, 9.17) is 4.99 Å². The first-order chi connectivity index (χ1) is 16.9. The number of carbonyl (C=O) groups excluding carboxylic acids is 2. The van der Waals surface area contributed by atoms with E-state index in [1.54, 1.807) is 24.3 Å². The van der Waals surface area contributed by atoms with Gasteiger partial charge in [0.1, 0.15) is 0 Å². The molecule has 0 unspecified atom stereocenters. The van der Waals surface area contributed by atoms with Crippen molar-refractivity contribution in [1.29, 1.82) is 0 Å². The minimum absolute atomic E-state index is 0.0136. The highest BCUT2D eigenvalue weighted by Crippen LogP contribution is 2.39. The van der Waals surface area contributed by atoms with Crippen LogP contribution in [0.4, 0.5) is 5.69 Å². The van der Waals surface area contributed by atoms with E-state index in [1.807, 2.05) is 55.2 Å². The number of aromatic nitrogens is 1. The van der Waals surface area contributed by atoms with Gasteiger partial charge in [-0.2, -0.15) is 0 Å². The predicted octanol–water partition coefficient (Wildman–Crippen LogP) is 5.00. The summed E-state index contributed by atoms with van der Waals surface area (Å²) in [4.78, 5) is 32.1. The number of rotatable bonds is 5. The summed E-state index contributed by atoms with van der Waals surface area (Å²) < 4.78 is 2.06. The van der Waals surface area contributed by atoms with Gasteiger partial charge in [0.2, 0.25) is 0 Å². The molecule has 2 heterocycles. The van der Waals surface area contributed by atoms with Crippen LogP contribution in [-0.4, -0.2) is 32.6 Å². The summed E-state index contributed by atoms with van der Waals surface area (Å²) in [7, 11) is 0.